The first-order chi connectivity index (χ1) is 18.8. The van der Waals surface area contributed by atoms with Crippen molar-refractivity contribution in [1.82, 2.24) is 0 Å². The Labute approximate surface area is 241 Å². The Bertz CT molecular complexity index is 1510. The van der Waals surface area contributed by atoms with Gasteiger partial charge in [0.2, 0.25) is 0 Å². The molecule has 1 aliphatic carbocycles. The third kappa shape index (κ3) is 5.69. The summed E-state index contributed by atoms with van der Waals surface area (Å²) in [5.74, 6) is -0.155. The molecule has 0 saturated heterocycles. The van der Waals surface area contributed by atoms with E-state index in [1.54, 1.807) is 19.1 Å². The Morgan fingerprint density at radius 2 is 1.64 bits per heavy atom. The molecule has 1 saturated carbocycles. The number of hydrogen-bond donors (Lipinski definition) is 1. The number of anilines is 1. The number of amides is 1. The zero-order valence-corrected chi connectivity index (χ0v) is 23.8. The number of benzene rings is 3. The summed E-state index contributed by atoms with van der Waals surface area (Å²) >= 11 is 14.1. The number of esters is 1. The molecule has 39 heavy (non-hydrogen) atoms. The van der Waals surface area contributed by atoms with Crippen molar-refractivity contribution in [2.75, 3.05) is 11.9 Å². The normalized spacial score (nSPS) is 14.4. The molecule has 5 rings (SSSR count). The summed E-state index contributed by atoms with van der Waals surface area (Å²) in [4.78, 5) is 26.2. The molecule has 1 atom stereocenters. The van der Waals surface area contributed by atoms with E-state index in [0.717, 1.165) is 45.5 Å². The molecule has 1 unspecified atom stereocenters. The molecule has 1 amide bonds. The van der Waals surface area contributed by atoms with Gasteiger partial charge in [-0.15, -0.1) is 11.3 Å². The summed E-state index contributed by atoms with van der Waals surface area (Å²) in [5, 5.41) is 3.39. The van der Waals surface area contributed by atoms with Crippen LogP contribution in [0, 0.1) is 0 Å². The highest BCUT2D eigenvalue weighted by Crippen LogP contribution is 2.50. The number of thiophene rings is 1. The van der Waals surface area contributed by atoms with Gasteiger partial charge >= 0.3 is 12.1 Å². The molecular weight excluding hydrogens is 553 g/mol. The van der Waals surface area contributed by atoms with Crippen molar-refractivity contribution in [3.8, 4) is 21.6 Å². The van der Waals surface area contributed by atoms with Crippen molar-refractivity contribution < 1.29 is 19.1 Å². The molecule has 1 aromatic heterocycles. The first-order valence-electron chi connectivity index (χ1n) is 12.7. The van der Waals surface area contributed by atoms with Crippen LogP contribution in [0.1, 0.15) is 43.9 Å². The fraction of sp³-hybridized carbons (Fsp3) is 0.226. The summed E-state index contributed by atoms with van der Waals surface area (Å²) in [6.07, 6.45) is 0.464. The highest BCUT2D eigenvalue weighted by Gasteiger charge is 2.52. The van der Waals surface area contributed by atoms with Crippen LogP contribution >= 0.6 is 34.5 Å². The molecule has 8 heteroatoms. The first-order valence-corrected chi connectivity index (χ1v) is 14.3. The summed E-state index contributed by atoms with van der Waals surface area (Å²) in [6, 6.07) is 25.0. The van der Waals surface area contributed by atoms with Gasteiger partial charge in [0.1, 0.15) is 6.10 Å². The number of hydrogen-bond acceptors (Lipinski definition) is 5. The largest absolute Gasteiger partial charge is 0.465 e. The van der Waals surface area contributed by atoms with Crippen LogP contribution in [0.25, 0.3) is 21.6 Å². The van der Waals surface area contributed by atoms with E-state index < -0.39 is 17.6 Å². The summed E-state index contributed by atoms with van der Waals surface area (Å²) in [5.41, 5.74) is 4.62. The molecule has 3 aromatic carbocycles. The minimum absolute atomic E-state index is 0.155. The van der Waals surface area contributed by atoms with E-state index in [1.807, 2.05) is 73.7 Å². The van der Waals surface area contributed by atoms with E-state index in [9.17, 15) is 9.59 Å². The number of rotatable bonds is 8. The van der Waals surface area contributed by atoms with Gasteiger partial charge in [-0.05, 0) is 55.5 Å². The molecule has 0 aliphatic heterocycles. The van der Waals surface area contributed by atoms with Crippen LogP contribution in [0.5, 0.6) is 0 Å². The van der Waals surface area contributed by atoms with Gasteiger partial charge in [-0.2, -0.15) is 0 Å². The Kier molecular flexibility index (Phi) is 7.98. The third-order valence-corrected chi connectivity index (χ3v) is 8.54. The van der Waals surface area contributed by atoms with Crippen molar-refractivity contribution in [3.63, 3.8) is 0 Å². The van der Waals surface area contributed by atoms with Gasteiger partial charge in [-0.1, -0.05) is 89.9 Å². The van der Waals surface area contributed by atoms with Gasteiger partial charge in [0.15, 0.2) is 0 Å². The van der Waals surface area contributed by atoms with Crippen LogP contribution in [0.15, 0.2) is 78.9 Å². The Balaban J connectivity index is 1.39. The zero-order chi connectivity index (χ0) is 27.6. The van der Waals surface area contributed by atoms with Crippen LogP contribution in [0.3, 0.4) is 0 Å². The van der Waals surface area contributed by atoms with E-state index in [4.69, 9.17) is 32.7 Å². The van der Waals surface area contributed by atoms with Crippen LogP contribution in [0.4, 0.5) is 10.5 Å². The first kappa shape index (κ1) is 27.3. The number of ether oxygens (including phenoxy) is 2. The summed E-state index contributed by atoms with van der Waals surface area (Å²) < 4.78 is 11.5. The molecule has 1 N–H and O–H groups in total. The molecular formula is C31H27Cl2NO4S. The maximum atomic E-state index is 12.8. The minimum atomic E-state index is -0.603. The van der Waals surface area contributed by atoms with Gasteiger partial charge < -0.3 is 9.47 Å². The zero-order valence-electron chi connectivity index (χ0n) is 21.5. The molecule has 200 valence electrons. The standard InChI is InChI=1S/C31H27Cl2NO4S/c1-3-37-29(35)31(16-17-31)21-14-12-20(13-15-21)23-9-4-5-10-24(23)28-26(18-27(33)39-28)34-30(36)38-19(2)22-8-6-7-11-25(22)32/h4-15,18-19H,3,16-17H2,1-2H3,(H,34,36). The third-order valence-electron chi connectivity index (χ3n) is 6.90. The highest BCUT2D eigenvalue weighted by molar-refractivity contribution is 7.20. The van der Waals surface area contributed by atoms with Crippen LogP contribution in [0.2, 0.25) is 9.36 Å². The van der Waals surface area contributed by atoms with E-state index in [2.05, 4.69) is 5.32 Å². The lowest BCUT2D eigenvalue weighted by atomic mass is 9.92. The van der Waals surface area contributed by atoms with Crippen molar-refractivity contribution >= 4 is 52.3 Å². The lowest BCUT2D eigenvalue weighted by Crippen LogP contribution is -2.23. The van der Waals surface area contributed by atoms with E-state index in [0.29, 0.717) is 21.7 Å². The summed E-state index contributed by atoms with van der Waals surface area (Å²) in [7, 11) is 0. The second-order valence-corrected chi connectivity index (χ2v) is 11.5. The predicted molar refractivity (Wildman–Crippen MR) is 158 cm³/mol. The number of halogens is 2. The molecule has 1 fully saturated rings. The maximum absolute atomic E-state index is 12.8. The minimum Gasteiger partial charge on any atom is -0.465 e. The van der Waals surface area contributed by atoms with Crippen LogP contribution in [-0.2, 0) is 19.7 Å². The fourth-order valence-corrected chi connectivity index (χ4v) is 6.24. The molecule has 1 aliphatic rings. The van der Waals surface area contributed by atoms with Crippen molar-refractivity contribution in [2.24, 2.45) is 0 Å². The average molecular weight is 581 g/mol. The maximum Gasteiger partial charge on any atom is 0.412 e. The topological polar surface area (TPSA) is 64.6 Å². The monoisotopic (exact) mass is 579 g/mol. The Morgan fingerprint density at radius 1 is 0.974 bits per heavy atom. The van der Waals surface area contributed by atoms with E-state index in [1.165, 1.54) is 11.3 Å². The predicted octanol–water partition coefficient (Wildman–Crippen LogP) is 9.29. The highest BCUT2D eigenvalue weighted by atomic mass is 35.5. The van der Waals surface area contributed by atoms with Crippen molar-refractivity contribution in [3.05, 3.63) is 99.3 Å². The van der Waals surface area contributed by atoms with Crippen LogP contribution in [-0.4, -0.2) is 18.7 Å². The number of carbonyl (C=O) groups is 2. The second kappa shape index (κ2) is 11.4. The Hall–Kier alpha value is -3.32. The molecule has 4 aromatic rings. The quantitative estimate of drug-likeness (QED) is 0.211. The average Bonchev–Trinajstić information content (AvgIpc) is 3.67. The lowest BCUT2D eigenvalue weighted by Gasteiger charge is -2.17. The fourth-order valence-electron chi connectivity index (χ4n) is 4.73. The van der Waals surface area contributed by atoms with Crippen LogP contribution < -0.4 is 5.32 Å². The van der Waals surface area contributed by atoms with Gasteiger partial charge in [-0.25, -0.2) is 4.79 Å². The number of carbonyl (C=O) groups excluding carboxylic acids is 2. The van der Waals surface area contributed by atoms with Gasteiger partial charge in [0.05, 0.1) is 26.9 Å². The summed E-state index contributed by atoms with van der Waals surface area (Å²) in [6.45, 7) is 3.97. The SMILES string of the molecule is CCOC(=O)C1(c2ccc(-c3ccccc3-c3sc(Cl)cc3NC(=O)OC(C)c3ccccc3Cl)cc2)CC1. The lowest BCUT2D eigenvalue weighted by molar-refractivity contribution is -0.146. The van der Waals surface area contributed by atoms with Gasteiger partial charge in [-0.3, -0.25) is 10.1 Å². The smallest absolute Gasteiger partial charge is 0.412 e. The molecule has 5 nitrogen and oxygen atoms in total. The van der Waals surface area contributed by atoms with Gasteiger partial charge in [0.25, 0.3) is 0 Å². The molecule has 0 spiro atoms. The van der Waals surface area contributed by atoms with Gasteiger partial charge in [0, 0.05) is 16.1 Å². The van der Waals surface area contributed by atoms with E-state index in [-0.39, 0.29) is 5.97 Å². The Morgan fingerprint density at radius 3 is 2.31 bits per heavy atom. The van der Waals surface area contributed by atoms with Crippen molar-refractivity contribution in [2.45, 2.75) is 38.2 Å². The molecule has 0 radical (unpaired) electrons. The number of nitrogens with one attached hydrogen (secondary N) is 1. The van der Waals surface area contributed by atoms with Crippen molar-refractivity contribution in [1.29, 1.82) is 0 Å². The second-order valence-electron chi connectivity index (χ2n) is 9.41. The van der Waals surface area contributed by atoms with E-state index >= 15 is 0 Å². The molecule has 1 heterocycles. The molecule has 0 bridgehead atoms.